The van der Waals surface area contributed by atoms with E-state index in [0.717, 1.165) is 5.56 Å². The van der Waals surface area contributed by atoms with E-state index in [1.807, 2.05) is 0 Å². The molecular formula is C18H20FNO4. The van der Waals surface area contributed by atoms with Gasteiger partial charge < -0.3 is 19.5 Å². The quantitative estimate of drug-likeness (QED) is 0.844. The SMILES string of the molecule is COc1ccc(CNC(=O)OCCc2ccccc2F)c(OC)c1. The van der Waals surface area contributed by atoms with E-state index in [4.69, 9.17) is 14.2 Å². The number of hydrogen-bond acceptors (Lipinski definition) is 4. The summed E-state index contributed by atoms with van der Waals surface area (Å²) in [6, 6.07) is 11.7. The Labute approximate surface area is 140 Å². The first-order chi connectivity index (χ1) is 11.6. The van der Waals surface area contributed by atoms with Crippen molar-refractivity contribution >= 4 is 6.09 Å². The predicted octanol–water partition coefficient (Wildman–Crippen LogP) is 3.31. The lowest BCUT2D eigenvalue weighted by atomic mass is 10.1. The van der Waals surface area contributed by atoms with Crippen molar-refractivity contribution in [1.29, 1.82) is 0 Å². The predicted molar refractivity (Wildman–Crippen MR) is 87.8 cm³/mol. The first kappa shape index (κ1) is 17.6. The van der Waals surface area contributed by atoms with Crippen LogP contribution < -0.4 is 14.8 Å². The van der Waals surface area contributed by atoms with Crippen LogP contribution in [0.1, 0.15) is 11.1 Å². The van der Waals surface area contributed by atoms with E-state index in [0.29, 0.717) is 23.5 Å². The molecule has 2 rings (SSSR count). The molecule has 0 unspecified atom stereocenters. The maximum Gasteiger partial charge on any atom is 0.407 e. The number of carbonyl (C=O) groups excluding carboxylic acids is 1. The largest absolute Gasteiger partial charge is 0.497 e. The normalized spacial score (nSPS) is 10.1. The van der Waals surface area contributed by atoms with Gasteiger partial charge in [0.2, 0.25) is 0 Å². The number of halogens is 1. The molecule has 0 bridgehead atoms. The molecule has 6 heteroatoms. The fraction of sp³-hybridized carbons (Fsp3) is 0.278. The number of methoxy groups -OCH3 is 2. The third-order valence-electron chi connectivity index (χ3n) is 3.48. The maximum absolute atomic E-state index is 13.4. The summed E-state index contributed by atoms with van der Waals surface area (Å²) in [4.78, 5) is 11.7. The second kappa shape index (κ2) is 8.76. The van der Waals surface area contributed by atoms with Gasteiger partial charge in [0.15, 0.2) is 0 Å². The van der Waals surface area contributed by atoms with E-state index in [2.05, 4.69) is 5.32 Å². The van der Waals surface area contributed by atoms with E-state index >= 15 is 0 Å². The zero-order valence-electron chi connectivity index (χ0n) is 13.7. The lowest BCUT2D eigenvalue weighted by Gasteiger charge is -2.11. The molecule has 0 aliphatic carbocycles. The van der Waals surface area contributed by atoms with Crippen molar-refractivity contribution in [1.82, 2.24) is 5.32 Å². The van der Waals surface area contributed by atoms with Gasteiger partial charge >= 0.3 is 6.09 Å². The Morgan fingerprint density at radius 1 is 1.08 bits per heavy atom. The van der Waals surface area contributed by atoms with Gasteiger partial charge in [-0.05, 0) is 23.8 Å². The van der Waals surface area contributed by atoms with Crippen LogP contribution in [0.2, 0.25) is 0 Å². The average molecular weight is 333 g/mol. The van der Waals surface area contributed by atoms with Crippen LogP contribution in [0.25, 0.3) is 0 Å². The van der Waals surface area contributed by atoms with Crippen molar-refractivity contribution in [2.75, 3.05) is 20.8 Å². The Hall–Kier alpha value is -2.76. The highest BCUT2D eigenvalue weighted by molar-refractivity contribution is 5.67. The van der Waals surface area contributed by atoms with Crippen LogP contribution in [0.15, 0.2) is 42.5 Å². The van der Waals surface area contributed by atoms with Gasteiger partial charge in [0.25, 0.3) is 0 Å². The van der Waals surface area contributed by atoms with Crippen LogP contribution in [0.5, 0.6) is 11.5 Å². The van der Waals surface area contributed by atoms with Crippen molar-refractivity contribution in [2.24, 2.45) is 0 Å². The third-order valence-corrected chi connectivity index (χ3v) is 3.48. The monoisotopic (exact) mass is 333 g/mol. The van der Waals surface area contributed by atoms with Gasteiger partial charge in [-0.2, -0.15) is 0 Å². The van der Waals surface area contributed by atoms with Gasteiger partial charge in [0.1, 0.15) is 17.3 Å². The molecule has 0 aromatic heterocycles. The summed E-state index contributed by atoms with van der Waals surface area (Å²) in [7, 11) is 3.12. The molecule has 0 spiro atoms. The molecule has 0 atom stereocenters. The number of nitrogens with one attached hydrogen (secondary N) is 1. The van der Waals surface area contributed by atoms with Gasteiger partial charge in [-0.1, -0.05) is 18.2 Å². The molecule has 2 aromatic carbocycles. The number of rotatable bonds is 7. The molecule has 0 aliphatic heterocycles. The highest BCUT2D eigenvalue weighted by Gasteiger charge is 2.08. The Bertz CT molecular complexity index is 690. The fourth-order valence-corrected chi connectivity index (χ4v) is 2.17. The Kier molecular flexibility index (Phi) is 6.42. The van der Waals surface area contributed by atoms with Crippen LogP contribution in [0.3, 0.4) is 0 Å². The van der Waals surface area contributed by atoms with Crippen molar-refractivity contribution in [2.45, 2.75) is 13.0 Å². The molecule has 0 aliphatic rings. The number of ether oxygens (including phenoxy) is 3. The molecular weight excluding hydrogens is 313 g/mol. The number of amides is 1. The van der Waals surface area contributed by atoms with E-state index in [-0.39, 0.29) is 19.0 Å². The molecule has 0 radical (unpaired) electrons. The zero-order chi connectivity index (χ0) is 17.4. The Morgan fingerprint density at radius 2 is 1.88 bits per heavy atom. The molecule has 128 valence electrons. The summed E-state index contributed by atoms with van der Waals surface area (Å²) < 4.78 is 28.9. The van der Waals surface area contributed by atoms with Crippen LogP contribution in [-0.2, 0) is 17.7 Å². The van der Waals surface area contributed by atoms with E-state index < -0.39 is 6.09 Å². The molecule has 1 amide bonds. The lowest BCUT2D eigenvalue weighted by Crippen LogP contribution is -2.24. The minimum atomic E-state index is -0.566. The van der Waals surface area contributed by atoms with E-state index in [1.54, 1.807) is 50.6 Å². The first-order valence-corrected chi connectivity index (χ1v) is 7.49. The standard InChI is InChI=1S/C18H20FNO4/c1-22-15-8-7-14(17(11-15)23-2)12-20-18(21)24-10-9-13-5-3-4-6-16(13)19/h3-8,11H,9-10,12H2,1-2H3,(H,20,21). The van der Waals surface area contributed by atoms with Crippen molar-refractivity contribution < 1.29 is 23.4 Å². The van der Waals surface area contributed by atoms with Gasteiger partial charge in [-0.3, -0.25) is 0 Å². The second-order valence-corrected chi connectivity index (χ2v) is 5.01. The summed E-state index contributed by atoms with van der Waals surface area (Å²) in [5.41, 5.74) is 1.31. The van der Waals surface area contributed by atoms with E-state index in [9.17, 15) is 9.18 Å². The highest BCUT2D eigenvalue weighted by atomic mass is 19.1. The second-order valence-electron chi connectivity index (χ2n) is 5.01. The van der Waals surface area contributed by atoms with Crippen molar-refractivity contribution in [3.05, 3.63) is 59.4 Å². The summed E-state index contributed by atoms with van der Waals surface area (Å²) in [6.45, 7) is 0.359. The van der Waals surface area contributed by atoms with Gasteiger partial charge in [-0.25, -0.2) is 9.18 Å². The molecule has 24 heavy (non-hydrogen) atoms. The average Bonchev–Trinajstić information content (AvgIpc) is 2.61. The van der Waals surface area contributed by atoms with Crippen LogP contribution in [-0.4, -0.2) is 26.9 Å². The molecule has 0 fully saturated rings. The van der Waals surface area contributed by atoms with Crippen molar-refractivity contribution in [3.63, 3.8) is 0 Å². The molecule has 2 aromatic rings. The number of alkyl carbamates (subject to hydrolysis) is 1. The van der Waals surface area contributed by atoms with Gasteiger partial charge in [0.05, 0.1) is 20.8 Å². The lowest BCUT2D eigenvalue weighted by molar-refractivity contribution is 0.146. The minimum Gasteiger partial charge on any atom is -0.497 e. The molecule has 0 heterocycles. The fourth-order valence-electron chi connectivity index (χ4n) is 2.17. The van der Waals surface area contributed by atoms with Gasteiger partial charge in [0, 0.05) is 24.6 Å². The van der Waals surface area contributed by atoms with Crippen LogP contribution >= 0.6 is 0 Å². The van der Waals surface area contributed by atoms with Crippen LogP contribution in [0, 0.1) is 5.82 Å². The first-order valence-electron chi connectivity index (χ1n) is 7.49. The Balaban J connectivity index is 1.80. The van der Waals surface area contributed by atoms with Gasteiger partial charge in [-0.15, -0.1) is 0 Å². The molecule has 1 N–H and O–H groups in total. The molecule has 0 saturated heterocycles. The molecule has 0 saturated carbocycles. The summed E-state index contributed by atoms with van der Waals surface area (Å²) >= 11 is 0. The summed E-state index contributed by atoms with van der Waals surface area (Å²) in [6.07, 6.45) is -0.240. The number of hydrogen-bond donors (Lipinski definition) is 1. The molecule has 5 nitrogen and oxygen atoms in total. The zero-order valence-corrected chi connectivity index (χ0v) is 13.7. The Morgan fingerprint density at radius 3 is 2.58 bits per heavy atom. The topological polar surface area (TPSA) is 56.8 Å². The smallest absolute Gasteiger partial charge is 0.407 e. The number of carbonyl (C=O) groups is 1. The summed E-state index contributed by atoms with van der Waals surface area (Å²) in [5.74, 6) is 0.980. The highest BCUT2D eigenvalue weighted by Crippen LogP contribution is 2.24. The van der Waals surface area contributed by atoms with Crippen molar-refractivity contribution in [3.8, 4) is 11.5 Å². The van der Waals surface area contributed by atoms with Crippen LogP contribution in [0.4, 0.5) is 9.18 Å². The van der Waals surface area contributed by atoms with E-state index in [1.165, 1.54) is 6.07 Å². The maximum atomic E-state index is 13.4. The number of benzene rings is 2. The summed E-state index contributed by atoms with van der Waals surface area (Å²) in [5, 5.41) is 2.64. The minimum absolute atomic E-state index is 0.104. The third kappa shape index (κ3) is 4.87.